The molecule has 0 aliphatic heterocycles. The zero-order valence-corrected chi connectivity index (χ0v) is 7.67. The molecule has 0 saturated carbocycles. The van der Waals surface area contributed by atoms with Crippen LogP contribution in [0.4, 0.5) is 0 Å². The summed E-state index contributed by atoms with van der Waals surface area (Å²) in [6.07, 6.45) is 3.20. The van der Waals surface area contributed by atoms with Gasteiger partial charge in [0.05, 0.1) is 12.5 Å². The molecule has 1 aromatic heterocycles. The molecule has 0 unspecified atom stereocenters. The van der Waals surface area contributed by atoms with Crippen molar-refractivity contribution in [3.63, 3.8) is 0 Å². The molecule has 5 nitrogen and oxygen atoms in total. The Hall–Kier alpha value is -1.43. The zero-order chi connectivity index (χ0) is 9.68. The Balaban J connectivity index is 2.35. The molecule has 0 atom stereocenters. The minimum absolute atomic E-state index is 0.0929. The summed E-state index contributed by atoms with van der Waals surface area (Å²) in [5, 5.41) is 7.40. The van der Waals surface area contributed by atoms with Gasteiger partial charge in [-0.2, -0.15) is 4.99 Å². The molecular weight excluding hydrogens is 188 g/mol. The lowest BCUT2D eigenvalue weighted by atomic mass is 10.4. The highest BCUT2D eigenvalue weighted by Gasteiger charge is 1.98. The molecule has 6 heteroatoms. The minimum Gasteiger partial charge on any atom is -0.472 e. The third kappa shape index (κ3) is 3.66. The van der Waals surface area contributed by atoms with Gasteiger partial charge in [0.15, 0.2) is 11.1 Å². The van der Waals surface area contributed by atoms with Crippen LogP contribution >= 0.6 is 11.8 Å². The fourth-order valence-electron chi connectivity index (χ4n) is 0.676. The molecule has 0 aliphatic rings. The summed E-state index contributed by atoms with van der Waals surface area (Å²) in [4.78, 5) is 3.56. The molecule has 0 spiro atoms. The maximum atomic E-state index is 7.31. The van der Waals surface area contributed by atoms with E-state index in [1.807, 2.05) is 6.07 Å². The van der Waals surface area contributed by atoms with E-state index >= 15 is 0 Å². The first kappa shape index (κ1) is 9.66. The Kier molecular flexibility index (Phi) is 3.39. The van der Waals surface area contributed by atoms with Gasteiger partial charge in [0, 0.05) is 11.3 Å². The Morgan fingerprint density at radius 2 is 2.38 bits per heavy atom. The fraction of sp³-hybridized carbons (Fsp3) is 0.143. The molecule has 0 aliphatic carbocycles. The van der Waals surface area contributed by atoms with Crippen LogP contribution in [0.3, 0.4) is 0 Å². The van der Waals surface area contributed by atoms with Crippen molar-refractivity contribution in [2.75, 3.05) is 0 Å². The van der Waals surface area contributed by atoms with E-state index in [-0.39, 0.29) is 11.1 Å². The van der Waals surface area contributed by atoms with Crippen LogP contribution < -0.4 is 11.5 Å². The van der Waals surface area contributed by atoms with Crippen LogP contribution in [-0.2, 0) is 5.75 Å². The van der Waals surface area contributed by atoms with Crippen LogP contribution in [0.25, 0.3) is 0 Å². The molecule has 1 aromatic rings. The first-order valence-corrected chi connectivity index (χ1v) is 4.49. The quantitative estimate of drug-likeness (QED) is 0.481. The normalized spacial score (nSPS) is 9.54. The van der Waals surface area contributed by atoms with E-state index in [1.54, 1.807) is 12.5 Å². The van der Waals surface area contributed by atoms with Crippen LogP contribution in [0.5, 0.6) is 0 Å². The number of nitrogens with zero attached hydrogens (tertiary/aromatic N) is 1. The molecule has 0 fully saturated rings. The van der Waals surface area contributed by atoms with Gasteiger partial charge in [-0.3, -0.25) is 5.41 Å². The summed E-state index contributed by atoms with van der Waals surface area (Å²) in [6, 6.07) is 1.83. The van der Waals surface area contributed by atoms with Crippen LogP contribution in [0.15, 0.2) is 28.0 Å². The van der Waals surface area contributed by atoms with Gasteiger partial charge >= 0.3 is 0 Å². The molecule has 1 rings (SSSR count). The summed E-state index contributed by atoms with van der Waals surface area (Å²) in [6.45, 7) is 0. The van der Waals surface area contributed by atoms with Crippen molar-refractivity contribution in [2.45, 2.75) is 5.75 Å². The number of aliphatic imine (C=N–C) groups is 1. The van der Waals surface area contributed by atoms with Gasteiger partial charge in [-0.25, -0.2) is 0 Å². The number of nitrogens with two attached hydrogens (primary N) is 2. The number of hydrogen-bond acceptors (Lipinski definition) is 3. The zero-order valence-electron chi connectivity index (χ0n) is 6.86. The Labute approximate surface area is 79.7 Å². The summed E-state index contributed by atoms with van der Waals surface area (Å²) in [5.41, 5.74) is 11.2. The fourth-order valence-corrected chi connectivity index (χ4v) is 1.31. The maximum Gasteiger partial charge on any atom is 0.193 e. The number of nitrogens with one attached hydrogen (secondary N) is 1. The highest BCUT2D eigenvalue weighted by molar-refractivity contribution is 8.13. The summed E-state index contributed by atoms with van der Waals surface area (Å²) < 4.78 is 4.86. The highest BCUT2D eigenvalue weighted by atomic mass is 32.2. The van der Waals surface area contributed by atoms with Crippen molar-refractivity contribution in [1.29, 1.82) is 5.41 Å². The van der Waals surface area contributed by atoms with Gasteiger partial charge in [0.25, 0.3) is 0 Å². The maximum absolute atomic E-state index is 7.31. The van der Waals surface area contributed by atoms with Crippen molar-refractivity contribution >= 4 is 22.9 Å². The number of thioether (sulfide) groups is 1. The molecule has 13 heavy (non-hydrogen) atoms. The van der Waals surface area contributed by atoms with Crippen molar-refractivity contribution in [3.05, 3.63) is 24.2 Å². The lowest BCUT2D eigenvalue weighted by molar-refractivity contribution is 0.565. The van der Waals surface area contributed by atoms with Gasteiger partial charge in [-0.15, -0.1) is 0 Å². The van der Waals surface area contributed by atoms with Gasteiger partial charge in [-0.05, 0) is 6.07 Å². The molecule has 0 bridgehead atoms. The molecular formula is C7H10N4OS. The topological polar surface area (TPSA) is 101 Å². The SMILES string of the molecule is N=C(N=C(N)N)SCc1ccoc1. The third-order valence-corrected chi connectivity index (χ3v) is 2.03. The first-order valence-electron chi connectivity index (χ1n) is 3.50. The van der Waals surface area contributed by atoms with Gasteiger partial charge in [0.2, 0.25) is 0 Å². The van der Waals surface area contributed by atoms with Gasteiger partial charge in [0.1, 0.15) is 0 Å². The number of furan rings is 1. The van der Waals surface area contributed by atoms with Crippen molar-refractivity contribution in [1.82, 2.24) is 0 Å². The Morgan fingerprint density at radius 1 is 1.62 bits per heavy atom. The van der Waals surface area contributed by atoms with E-state index in [0.29, 0.717) is 5.75 Å². The van der Waals surface area contributed by atoms with Crippen LogP contribution in [0.2, 0.25) is 0 Å². The van der Waals surface area contributed by atoms with Crippen LogP contribution in [-0.4, -0.2) is 11.1 Å². The average Bonchev–Trinajstić information content (AvgIpc) is 2.51. The lowest BCUT2D eigenvalue weighted by Crippen LogP contribution is -2.23. The standard InChI is InChI=1S/C7H10N4OS/c8-6(9)11-7(10)13-4-5-1-2-12-3-5/h1-3H,4H2,(H5,8,9,10,11). The molecule has 0 radical (unpaired) electrons. The molecule has 5 N–H and O–H groups in total. The van der Waals surface area contributed by atoms with Crippen LogP contribution in [0.1, 0.15) is 5.56 Å². The van der Waals surface area contributed by atoms with E-state index in [0.717, 1.165) is 5.56 Å². The van der Waals surface area contributed by atoms with Crippen molar-refractivity contribution < 1.29 is 4.42 Å². The predicted molar refractivity (Wildman–Crippen MR) is 53.5 cm³/mol. The Morgan fingerprint density at radius 3 is 2.92 bits per heavy atom. The number of hydrogen-bond donors (Lipinski definition) is 3. The summed E-state index contributed by atoms with van der Waals surface area (Å²) in [7, 11) is 0. The van der Waals surface area contributed by atoms with E-state index in [9.17, 15) is 0 Å². The molecule has 0 amide bonds. The number of rotatable bonds is 2. The van der Waals surface area contributed by atoms with E-state index in [2.05, 4.69) is 4.99 Å². The smallest absolute Gasteiger partial charge is 0.193 e. The van der Waals surface area contributed by atoms with E-state index in [4.69, 9.17) is 21.3 Å². The molecule has 0 aromatic carbocycles. The van der Waals surface area contributed by atoms with Crippen LogP contribution in [0, 0.1) is 5.41 Å². The van der Waals surface area contributed by atoms with E-state index < -0.39 is 0 Å². The van der Waals surface area contributed by atoms with Gasteiger partial charge in [-0.1, -0.05) is 11.8 Å². The number of amidine groups is 1. The monoisotopic (exact) mass is 198 g/mol. The number of guanidine groups is 1. The summed E-state index contributed by atoms with van der Waals surface area (Å²) >= 11 is 1.24. The van der Waals surface area contributed by atoms with E-state index in [1.165, 1.54) is 11.8 Å². The lowest BCUT2D eigenvalue weighted by Gasteiger charge is -1.95. The second-order valence-corrected chi connectivity index (χ2v) is 3.23. The Bertz CT molecular complexity index is 302. The first-order chi connectivity index (χ1) is 6.18. The van der Waals surface area contributed by atoms with Crippen molar-refractivity contribution in [3.8, 4) is 0 Å². The minimum atomic E-state index is -0.0929. The molecule has 70 valence electrons. The van der Waals surface area contributed by atoms with Gasteiger partial charge < -0.3 is 15.9 Å². The van der Waals surface area contributed by atoms with Crippen molar-refractivity contribution in [2.24, 2.45) is 16.5 Å². The molecule has 1 heterocycles. The summed E-state index contributed by atoms with van der Waals surface area (Å²) in [5.74, 6) is 0.538. The molecule has 0 saturated heterocycles. The third-order valence-electron chi connectivity index (χ3n) is 1.19. The second-order valence-electron chi connectivity index (χ2n) is 2.26. The largest absolute Gasteiger partial charge is 0.472 e. The highest BCUT2D eigenvalue weighted by Crippen LogP contribution is 2.13. The average molecular weight is 198 g/mol. The predicted octanol–water partition coefficient (Wildman–Crippen LogP) is 0.721. The second kappa shape index (κ2) is 4.56.